The predicted molar refractivity (Wildman–Crippen MR) is 75.4 cm³/mol. The van der Waals surface area contributed by atoms with Crippen molar-refractivity contribution in [3.63, 3.8) is 0 Å². The molecule has 0 aliphatic carbocycles. The first-order chi connectivity index (χ1) is 9.46. The van der Waals surface area contributed by atoms with E-state index in [1.54, 1.807) is 16.7 Å². The van der Waals surface area contributed by atoms with Gasteiger partial charge in [-0.15, -0.1) is 0 Å². The molecule has 1 atom stereocenters. The van der Waals surface area contributed by atoms with Crippen LogP contribution in [-0.2, 0) is 4.79 Å². The van der Waals surface area contributed by atoms with Crippen LogP contribution in [0, 0.1) is 11.8 Å². The van der Waals surface area contributed by atoms with Gasteiger partial charge in [0, 0.05) is 31.6 Å². The Hall–Kier alpha value is -1.30. The van der Waals surface area contributed by atoms with Gasteiger partial charge in [-0.3, -0.25) is 4.79 Å². The van der Waals surface area contributed by atoms with E-state index in [0.29, 0.717) is 19.6 Å². The first-order valence-corrected chi connectivity index (χ1v) is 7.35. The molecule has 116 valence electrons. The molecule has 1 heterocycles. The molecule has 0 aromatic carbocycles. The standard InChI is InChI=1S/C14H26N2O4/c1-4-12(5-2)16(6-7-17)14(20)15-8-11(9-15)10(3)13(18)19/h10-12,17H,4-9H2,1-3H3,(H,18,19). The molecule has 1 saturated heterocycles. The minimum atomic E-state index is -0.811. The highest BCUT2D eigenvalue weighted by Gasteiger charge is 2.39. The number of hydrogen-bond acceptors (Lipinski definition) is 3. The molecular formula is C14H26N2O4. The van der Waals surface area contributed by atoms with Crippen molar-refractivity contribution in [1.82, 2.24) is 9.80 Å². The highest BCUT2D eigenvalue weighted by atomic mass is 16.4. The van der Waals surface area contributed by atoms with Crippen molar-refractivity contribution in [3.8, 4) is 0 Å². The predicted octanol–water partition coefficient (Wildman–Crippen LogP) is 1.24. The first-order valence-electron chi connectivity index (χ1n) is 7.35. The zero-order chi connectivity index (χ0) is 15.3. The Balaban J connectivity index is 2.58. The van der Waals surface area contributed by atoms with Crippen LogP contribution in [0.4, 0.5) is 4.79 Å². The molecule has 1 unspecified atom stereocenters. The maximum atomic E-state index is 12.4. The van der Waals surface area contributed by atoms with Crippen molar-refractivity contribution in [1.29, 1.82) is 0 Å². The number of carbonyl (C=O) groups excluding carboxylic acids is 1. The number of amides is 2. The number of aliphatic hydroxyl groups is 1. The van der Waals surface area contributed by atoms with E-state index in [0.717, 1.165) is 12.8 Å². The molecule has 1 fully saturated rings. The fourth-order valence-electron chi connectivity index (χ4n) is 2.64. The number of carboxylic acid groups (broad SMARTS) is 1. The molecule has 2 N–H and O–H groups in total. The van der Waals surface area contributed by atoms with Crippen LogP contribution in [0.15, 0.2) is 0 Å². The SMILES string of the molecule is CCC(CC)N(CCO)C(=O)N1CC(C(C)C(=O)O)C1. The van der Waals surface area contributed by atoms with Crippen molar-refractivity contribution in [3.05, 3.63) is 0 Å². The average molecular weight is 286 g/mol. The molecule has 0 radical (unpaired) electrons. The van der Waals surface area contributed by atoms with Gasteiger partial charge in [0.05, 0.1) is 12.5 Å². The number of aliphatic hydroxyl groups excluding tert-OH is 1. The van der Waals surface area contributed by atoms with Gasteiger partial charge in [-0.1, -0.05) is 20.8 Å². The van der Waals surface area contributed by atoms with Gasteiger partial charge < -0.3 is 20.0 Å². The molecule has 0 aromatic rings. The van der Waals surface area contributed by atoms with Crippen molar-refractivity contribution in [2.45, 2.75) is 39.7 Å². The Kier molecular flexibility index (Phi) is 6.26. The van der Waals surface area contributed by atoms with Crippen LogP contribution in [0.1, 0.15) is 33.6 Å². The summed E-state index contributed by atoms with van der Waals surface area (Å²) in [6.45, 7) is 7.00. The summed E-state index contributed by atoms with van der Waals surface area (Å²) in [4.78, 5) is 26.7. The van der Waals surface area contributed by atoms with Crippen molar-refractivity contribution < 1.29 is 19.8 Å². The van der Waals surface area contributed by atoms with Gasteiger partial charge in [0.15, 0.2) is 0 Å². The Morgan fingerprint density at radius 1 is 1.30 bits per heavy atom. The third-order valence-electron chi connectivity index (χ3n) is 4.25. The molecule has 20 heavy (non-hydrogen) atoms. The van der Waals surface area contributed by atoms with Gasteiger partial charge in [-0.05, 0) is 12.8 Å². The molecule has 0 saturated carbocycles. The highest BCUT2D eigenvalue weighted by molar-refractivity contribution is 5.76. The largest absolute Gasteiger partial charge is 0.481 e. The van der Waals surface area contributed by atoms with Gasteiger partial charge in [-0.25, -0.2) is 4.79 Å². The lowest BCUT2D eigenvalue weighted by Gasteiger charge is -2.45. The molecule has 1 aliphatic heterocycles. The Morgan fingerprint density at radius 2 is 1.85 bits per heavy atom. The summed E-state index contributed by atoms with van der Waals surface area (Å²) < 4.78 is 0. The van der Waals surface area contributed by atoms with Crippen molar-refractivity contribution >= 4 is 12.0 Å². The van der Waals surface area contributed by atoms with Gasteiger partial charge >= 0.3 is 12.0 Å². The van der Waals surface area contributed by atoms with Gasteiger partial charge in [0.2, 0.25) is 0 Å². The van der Waals surface area contributed by atoms with E-state index in [1.807, 2.05) is 13.8 Å². The number of aliphatic carboxylic acids is 1. The maximum Gasteiger partial charge on any atom is 0.320 e. The van der Waals surface area contributed by atoms with Crippen molar-refractivity contribution in [2.24, 2.45) is 11.8 Å². The van der Waals surface area contributed by atoms with Crippen LogP contribution in [0.3, 0.4) is 0 Å². The number of carboxylic acids is 1. The van der Waals surface area contributed by atoms with Crippen molar-refractivity contribution in [2.75, 3.05) is 26.2 Å². The summed E-state index contributed by atoms with van der Waals surface area (Å²) in [6.07, 6.45) is 1.70. The molecule has 1 aliphatic rings. The molecule has 0 spiro atoms. The first kappa shape index (κ1) is 16.8. The number of rotatable bonds is 7. The second-order valence-corrected chi connectivity index (χ2v) is 5.46. The van der Waals surface area contributed by atoms with Crippen LogP contribution in [0.2, 0.25) is 0 Å². The zero-order valence-electron chi connectivity index (χ0n) is 12.6. The molecular weight excluding hydrogens is 260 g/mol. The van der Waals surface area contributed by atoms with E-state index in [1.165, 1.54) is 0 Å². The van der Waals surface area contributed by atoms with E-state index in [2.05, 4.69) is 0 Å². The Labute approximate surface area is 120 Å². The molecule has 6 nitrogen and oxygen atoms in total. The number of urea groups is 1. The smallest absolute Gasteiger partial charge is 0.320 e. The summed E-state index contributed by atoms with van der Waals surface area (Å²) in [5.74, 6) is -1.19. The summed E-state index contributed by atoms with van der Waals surface area (Å²) in [6, 6.07) is 0.0483. The third kappa shape index (κ3) is 3.62. The number of nitrogens with zero attached hydrogens (tertiary/aromatic N) is 2. The minimum absolute atomic E-state index is 0.0362. The topological polar surface area (TPSA) is 81.1 Å². The van der Waals surface area contributed by atoms with Gasteiger partial charge in [-0.2, -0.15) is 0 Å². The molecule has 6 heteroatoms. The van der Waals surface area contributed by atoms with E-state index in [9.17, 15) is 9.59 Å². The lowest BCUT2D eigenvalue weighted by Crippen LogP contribution is -2.59. The van der Waals surface area contributed by atoms with Crippen LogP contribution >= 0.6 is 0 Å². The molecule has 2 amide bonds. The van der Waals surface area contributed by atoms with Crippen LogP contribution < -0.4 is 0 Å². The monoisotopic (exact) mass is 286 g/mol. The zero-order valence-corrected chi connectivity index (χ0v) is 12.6. The van der Waals surface area contributed by atoms with E-state index in [4.69, 9.17) is 10.2 Å². The fraction of sp³-hybridized carbons (Fsp3) is 0.857. The number of hydrogen-bond donors (Lipinski definition) is 2. The number of likely N-dealkylation sites (tertiary alicyclic amines) is 1. The maximum absolute atomic E-state index is 12.4. The van der Waals surface area contributed by atoms with Crippen LogP contribution in [0.5, 0.6) is 0 Å². The third-order valence-corrected chi connectivity index (χ3v) is 4.25. The summed E-state index contributed by atoms with van der Waals surface area (Å²) in [7, 11) is 0. The van der Waals surface area contributed by atoms with E-state index >= 15 is 0 Å². The lowest BCUT2D eigenvalue weighted by molar-refractivity contribution is -0.145. The summed E-state index contributed by atoms with van der Waals surface area (Å²) in [5.41, 5.74) is 0. The van der Waals surface area contributed by atoms with Gasteiger partial charge in [0.25, 0.3) is 0 Å². The van der Waals surface area contributed by atoms with E-state index in [-0.39, 0.29) is 24.6 Å². The normalized spacial score (nSPS) is 16.9. The van der Waals surface area contributed by atoms with Gasteiger partial charge in [0.1, 0.15) is 0 Å². The quantitative estimate of drug-likeness (QED) is 0.738. The summed E-state index contributed by atoms with van der Waals surface area (Å²) in [5, 5.41) is 18.1. The fourth-order valence-corrected chi connectivity index (χ4v) is 2.64. The highest BCUT2D eigenvalue weighted by Crippen LogP contribution is 2.26. The molecule has 1 rings (SSSR count). The second kappa shape index (κ2) is 7.47. The number of carbonyl (C=O) groups is 2. The average Bonchev–Trinajstić information content (AvgIpc) is 2.36. The molecule has 0 bridgehead atoms. The second-order valence-electron chi connectivity index (χ2n) is 5.46. The Bertz CT molecular complexity index is 338. The Morgan fingerprint density at radius 3 is 2.25 bits per heavy atom. The molecule has 0 aromatic heterocycles. The van der Waals surface area contributed by atoms with E-state index < -0.39 is 11.9 Å². The van der Waals surface area contributed by atoms with Crippen LogP contribution in [-0.4, -0.2) is 64.3 Å². The lowest BCUT2D eigenvalue weighted by atomic mass is 9.87. The summed E-state index contributed by atoms with van der Waals surface area (Å²) >= 11 is 0. The minimum Gasteiger partial charge on any atom is -0.481 e. The van der Waals surface area contributed by atoms with Crippen LogP contribution in [0.25, 0.3) is 0 Å².